The van der Waals surface area contributed by atoms with Crippen molar-refractivity contribution in [2.45, 2.75) is 39.0 Å². The van der Waals surface area contributed by atoms with Crippen LogP contribution in [0.25, 0.3) is 0 Å². The van der Waals surface area contributed by atoms with E-state index in [1.165, 1.54) is 25.0 Å². The third kappa shape index (κ3) is 3.59. The van der Waals surface area contributed by atoms with E-state index in [-0.39, 0.29) is 11.8 Å². The molecule has 1 aliphatic heterocycles. The number of imide groups is 1. The minimum Gasteiger partial charge on any atom is -0.268 e. The van der Waals surface area contributed by atoms with E-state index in [0.29, 0.717) is 0 Å². The third-order valence-electron chi connectivity index (χ3n) is 2.16. The van der Waals surface area contributed by atoms with E-state index in [9.17, 15) is 9.59 Å². The van der Waals surface area contributed by atoms with E-state index in [0.717, 1.165) is 24.2 Å². The van der Waals surface area contributed by atoms with Crippen molar-refractivity contribution in [2.24, 2.45) is 0 Å². The molecule has 0 N–H and O–H groups in total. The molecule has 0 aromatic carbocycles. The fraction of sp³-hybridized carbons (Fsp3) is 0.500. The van der Waals surface area contributed by atoms with Crippen LogP contribution in [0.1, 0.15) is 39.0 Å². The lowest BCUT2D eigenvalue weighted by Crippen LogP contribution is -2.24. The average Bonchev–Trinajstić information content (AvgIpc) is 2.54. The SMILES string of the molecule is CCCCCCC#CN1C(=O)C=CC1=O. The van der Waals surface area contributed by atoms with E-state index < -0.39 is 0 Å². The summed E-state index contributed by atoms with van der Waals surface area (Å²) in [6, 6.07) is 2.58. The van der Waals surface area contributed by atoms with Gasteiger partial charge in [0.25, 0.3) is 11.8 Å². The zero-order valence-corrected chi connectivity index (χ0v) is 8.95. The van der Waals surface area contributed by atoms with Gasteiger partial charge in [-0.1, -0.05) is 32.1 Å². The van der Waals surface area contributed by atoms with Crippen LogP contribution in [0.4, 0.5) is 0 Å². The predicted octanol–water partition coefficient (Wildman–Crippen LogP) is 1.84. The Bertz CT molecular complexity index is 315. The molecule has 80 valence electrons. The number of amides is 2. The summed E-state index contributed by atoms with van der Waals surface area (Å²) in [4.78, 5) is 23.1. The molecule has 0 aliphatic carbocycles. The highest BCUT2D eigenvalue weighted by Gasteiger charge is 2.20. The van der Waals surface area contributed by atoms with Gasteiger partial charge in [0.15, 0.2) is 0 Å². The van der Waals surface area contributed by atoms with Gasteiger partial charge in [0.05, 0.1) is 0 Å². The number of nitrogens with zero attached hydrogens (tertiary/aromatic N) is 1. The lowest BCUT2D eigenvalue weighted by molar-refractivity contribution is -0.132. The molecule has 0 atom stereocenters. The fourth-order valence-electron chi connectivity index (χ4n) is 1.29. The molecule has 2 amide bonds. The largest absolute Gasteiger partial charge is 0.268 e. The van der Waals surface area contributed by atoms with Crippen LogP contribution in [0.15, 0.2) is 12.2 Å². The first-order valence-electron chi connectivity index (χ1n) is 5.30. The van der Waals surface area contributed by atoms with Crippen molar-refractivity contribution in [3.63, 3.8) is 0 Å². The van der Waals surface area contributed by atoms with Gasteiger partial charge >= 0.3 is 0 Å². The van der Waals surface area contributed by atoms with Gasteiger partial charge in [-0.2, -0.15) is 4.90 Å². The Balaban J connectivity index is 2.26. The molecule has 0 spiro atoms. The standard InChI is InChI=1S/C12H15NO2/c1-2-3-4-5-6-7-10-13-11(14)8-9-12(13)15/h8-9H,2-6H2,1H3. The van der Waals surface area contributed by atoms with Crippen LogP contribution < -0.4 is 0 Å². The molecule has 0 saturated carbocycles. The monoisotopic (exact) mass is 205 g/mol. The van der Waals surface area contributed by atoms with Crippen LogP contribution in [0.3, 0.4) is 0 Å². The zero-order chi connectivity index (χ0) is 11.1. The minimum atomic E-state index is -0.332. The molecule has 0 bridgehead atoms. The molecule has 15 heavy (non-hydrogen) atoms. The molecule has 1 rings (SSSR count). The van der Waals surface area contributed by atoms with Gasteiger partial charge < -0.3 is 0 Å². The maximum Gasteiger partial charge on any atom is 0.265 e. The van der Waals surface area contributed by atoms with E-state index >= 15 is 0 Å². The number of unbranched alkanes of at least 4 members (excludes halogenated alkanes) is 4. The molecule has 0 fully saturated rings. The summed E-state index contributed by atoms with van der Waals surface area (Å²) in [6.07, 6.45) is 7.83. The maximum atomic E-state index is 11.1. The first-order chi connectivity index (χ1) is 7.25. The second-order valence-electron chi connectivity index (χ2n) is 3.44. The Morgan fingerprint density at radius 3 is 2.40 bits per heavy atom. The van der Waals surface area contributed by atoms with Crippen LogP contribution in [0.5, 0.6) is 0 Å². The van der Waals surface area contributed by atoms with Gasteiger partial charge in [0, 0.05) is 24.6 Å². The first kappa shape index (κ1) is 11.5. The highest BCUT2D eigenvalue weighted by atomic mass is 16.2. The van der Waals surface area contributed by atoms with Gasteiger partial charge in [0.1, 0.15) is 0 Å². The molecular weight excluding hydrogens is 190 g/mol. The van der Waals surface area contributed by atoms with Crippen LogP contribution in [0.2, 0.25) is 0 Å². The van der Waals surface area contributed by atoms with Gasteiger partial charge in [-0.3, -0.25) is 9.59 Å². The predicted molar refractivity (Wildman–Crippen MR) is 57.5 cm³/mol. The molecule has 3 nitrogen and oxygen atoms in total. The molecule has 1 aliphatic rings. The van der Waals surface area contributed by atoms with E-state index in [4.69, 9.17) is 0 Å². The number of carbonyl (C=O) groups is 2. The molecule has 0 radical (unpaired) electrons. The summed E-state index contributed by atoms with van der Waals surface area (Å²) in [6.45, 7) is 2.15. The van der Waals surface area contributed by atoms with Gasteiger partial charge in [-0.15, -0.1) is 0 Å². The number of hydrogen-bond acceptors (Lipinski definition) is 2. The lowest BCUT2D eigenvalue weighted by atomic mass is 10.2. The number of rotatable bonds is 4. The van der Waals surface area contributed by atoms with Gasteiger partial charge in [-0.25, -0.2) is 0 Å². The molecule has 0 saturated heterocycles. The Hall–Kier alpha value is -1.56. The first-order valence-corrected chi connectivity index (χ1v) is 5.30. The summed E-state index contributed by atoms with van der Waals surface area (Å²) in [5.41, 5.74) is 0. The highest BCUT2D eigenvalue weighted by molar-refractivity contribution is 6.14. The average molecular weight is 205 g/mol. The summed E-state index contributed by atoms with van der Waals surface area (Å²) in [7, 11) is 0. The molecule has 3 heteroatoms. The normalized spacial score (nSPS) is 14.3. The molecule has 0 aromatic rings. The summed E-state index contributed by atoms with van der Waals surface area (Å²) in [5, 5.41) is 0. The highest BCUT2D eigenvalue weighted by Crippen LogP contribution is 2.03. The topological polar surface area (TPSA) is 37.4 Å². The van der Waals surface area contributed by atoms with Gasteiger partial charge in [-0.05, 0) is 6.42 Å². The molecular formula is C12H15NO2. The third-order valence-corrected chi connectivity index (χ3v) is 2.16. The van der Waals surface area contributed by atoms with E-state index in [2.05, 4.69) is 18.9 Å². The summed E-state index contributed by atoms with van der Waals surface area (Å²) in [5.74, 6) is 2.18. The number of hydrogen-bond donors (Lipinski definition) is 0. The summed E-state index contributed by atoms with van der Waals surface area (Å²) < 4.78 is 0. The summed E-state index contributed by atoms with van der Waals surface area (Å²) >= 11 is 0. The Kier molecular flexibility index (Phi) is 4.62. The second kappa shape index (κ2) is 6.02. The van der Waals surface area contributed by atoms with Crippen LogP contribution in [0, 0.1) is 12.0 Å². The number of carbonyl (C=O) groups excluding carboxylic acids is 2. The molecule has 0 unspecified atom stereocenters. The Morgan fingerprint density at radius 1 is 1.13 bits per heavy atom. The van der Waals surface area contributed by atoms with Crippen LogP contribution >= 0.6 is 0 Å². The van der Waals surface area contributed by atoms with E-state index in [1.807, 2.05) is 0 Å². The van der Waals surface area contributed by atoms with Crippen LogP contribution in [-0.2, 0) is 9.59 Å². The van der Waals surface area contributed by atoms with Crippen molar-refractivity contribution >= 4 is 11.8 Å². The quantitative estimate of drug-likeness (QED) is 0.399. The van der Waals surface area contributed by atoms with Crippen molar-refractivity contribution in [1.82, 2.24) is 4.90 Å². The Morgan fingerprint density at radius 2 is 1.80 bits per heavy atom. The fourth-order valence-corrected chi connectivity index (χ4v) is 1.29. The minimum absolute atomic E-state index is 0.332. The van der Waals surface area contributed by atoms with Gasteiger partial charge in [0.2, 0.25) is 0 Å². The van der Waals surface area contributed by atoms with Crippen molar-refractivity contribution in [2.75, 3.05) is 0 Å². The van der Waals surface area contributed by atoms with Crippen molar-refractivity contribution in [3.05, 3.63) is 12.2 Å². The maximum absolute atomic E-state index is 11.1. The van der Waals surface area contributed by atoms with Crippen molar-refractivity contribution in [1.29, 1.82) is 0 Å². The smallest absolute Gasteiger partial charge is 0.265 e. The Labute approximate surface area is 90.1 Å². The van der Waals surface area contributed by atoms with Crippen molar-refractivity contribution in [3.8, 4) is 12.0 Å². The van der Waals surface area contributed by atoms with Crippen LogP contribution in [-0.4, -0.2) is 16.7 Å². The molecule has 1 heterocycles. The van der Waals surface area contributed by atoms with Crippen molar-refractivity contribution < 1.29 is 9.59 Å². The zero-order valence-electron chi connectivity index (χ0n) is 8.95. The van der Waals surface area contributed by atoms with E-state index in [1.54, 1.807) is 0 Å². The lowest BCUT2D eigenvalue weighted by Gasteiger charge is -2.01. The molecule has 0 aromatic heterocycles. The second-order valence-corrected chi connectivity index (χ2v) is 3.44.